The number of carbonyl (C=O) groups is 2. The molecule has 1 saturated carbocycles. The van der Waals surface area contributed by atoms with E-state index >= 15 is 0 Å². The van der Waals surface area contributed by atoms with Gasteiger partial charge in [-0.05, 0) is 24.2 Å². The maximum Gasteiger partial charge on any atom is 0.396 e. The van der Waals surface area contributed by atoms with Crippen LogP contribution in [0.3, 0.4) is 0 Å². The maximum absolute atomic E-state index is 11.1. The summed E-state index contributed by atoms with van der Waals surface area (Å²) in [5, 5.41) is 2.60. The number of rotatable bonds is 3. The Kier molecular flexibility index (Phi) is 3.13. The zero-order chi connectivity index (χ0) is 10.8. The van der Waals surface area contributed by atoms with E-state index in [9.17, 15) is 9.59 Å². The predicted molar refractivity (Wildman–Crippen MR) is 51.5 cm³/mol. The van der Waals surface area contributed by atoms with Crippen molar-refractivity contribution in [2.24, 2.45) is 11.3 Å². The maximum atomic E-state index is 11.1. The summed E-state index contributed by atoms with van der Waals surface area (Å²) in [6, 6.07) is 0. The van der Waals surface area contributed by atoms with E-state index in [0.29, 0.717) is 12.5 Å². The van der Waals surface area contributed by atoms with Gasteiger partial charge in [-0.2, -0.15) is 0 Å². The third-order valence-electron chi connectivity index (χ3n) is 3.09. The van der Waals surface area contributed by atoms with Crippen LogP contribution in [-0.4, -0.2) is 25.5 Å². The molecule has 0 atom stereocenters. The van der Waals surface area contributed by atoms with E-state index in [1.54, 1.807) is 0 Å². The fourth-order valence-corrected chi connectivity index (χ4v) is 1.54. The fourth-order valence-electron chi connectivity index (χ4n) is 1.54. The second-order valence-corrected chi connectivity index (χ2v) is 4.19. The van der Waals surface area contributed by atoms with Gasteiger partial charge in [0.15, 0.2) is 0 Å². The summed E-state index contributed by atoms with van der Waals surface area (Å²) in [6.45, 7) is 4.85. The second kappa shape index (κ2) is 3.98. The van der Waals surface area contributed by atoms with Crippen LogP contribution in [0.15, 0.2) is 0 Å². The highest BCUT2D eigenvalue weighted by atomic mass is 16.5. The molecule has 1 aliphatic carbocycles. The van der Waals surface area contributed by atoms with Gasteiger partial charge in [0.1, 0.15) is 0 Å². The number of esters is 1. The molecule has 1 fully saturated rings. The third kappa shape index (κ3) is 2.25. The molecular formula is C10H17NO3. The molecule has 0 radical (unpaired) electrons. The van der Waals surface area contributed by atoms with Crippen molar-refractivity contribution in [2.45, 2.75) is 26.7 Å². The highest BCUT2D eigenvalue weighted by Crippen LogP contribution is 2.51. The topological polar surface area (TPSA) is 55.4 Å². The molecule has 1 amide bonds. The summed E-state index contributed by atoms with van der Waals surface area (Å²) in [7, 11) is 1.21. The van der Waals surface area contributed by atoms with Gasteiger partial charge in [0.25, 0.3) is 0 Å². The number of nitrogens with one attached hydrogen (secondary N) is 1. The van der Waals surface area contributed by atoms with Crippen LogP contribution in [0.4, 0.5) is 0 Å². The smallest absolute Gasteiger partial charge is 0.396 e. The molecule has 1 rings (SSSR count). The van der Waals surface area contributed by atoms with E-state index in [1.165, 1.54) is 7.11 Å². The third-order valence-corrected chi connectivity index (χ3v) is 3.09. The summed E-state index contributed by atoms with van der Waals surface area (Å²) < 4.78 is 4.31. The first kappa shape index (κ1) is 11.0. The summed E-state index contributed by atoms with van der Waals surface area (Å²) in [6.07, 6.45) is 2.26. The number of carbonyl (C=O) groups excluding carboxylic acids is 2. The Balaban J connectivity index is 2.34. The summed E-state index contributed by atoms with van der Waals surface area (Å²) in [4.78, 5) is 21.9. The first-order valence-electron chi connectivity index (χ1n) is 4.88. The molecule has 0 heterocycles. The van der Waals surface area contributed by atoms with Gasteiger partial charge < -0.3 is 10.1 Å². The van der Waals surface area contributed by atoms with Crippen molar-refractivity contribution < 1.29 is 14.3 Å². The summed E-state index contributed by atoms with van der Waals surface area (Å²) in [5.41, 5.74) is 0.226. The molecule has 0 aromatic carbocycles. The summed E-state index contributed by atoms with van der Waals surface area (Å²) in [5.74, 6) is -0.913. The largest absolute Gasteiger partial charge is 0.462 e. The summed E-state index contributed by atoms with van der Waals surface area (Å²) >= 11 is 0. The lowest BCUT2D eigenvalue weighted by Gasteiger charge is -2.19. The van der Waals surface area contributed by atoms with Gasteiger partial charge in [-0.1, -0.05) is 13.8 Å². The van der Waals surface area contributed by atoms with E-state index in [4.69, 9.17) is 0 Å². The molecule has 1 aliphatic rings. The molecule has 4 nitrogen and oxygen atoms in total. The number of ether oxygens (including phenoxy) is 1. The zero-order valence-electron chi connectivity index (χ0n) is 8.92. The molecule has 80 valence electrons. The number of hydrogen-bond donors (Lipinski definition) is 1. The van der Waals surface area contributed by atoms with E-state index in [0.717, 1.165) is 12.8 Å². The van der Waals surface area contributed by atoms with Crippen LogP contribution in [0.1, 0.15) is 26.7 Å². The van der Waals surface area contributed by atoms with Crippen LogP contribution in [0.5, 0.6) is 0 Å². The molecule has 0 aromatic rings. The lowest BCUT2D eigenvalue weighted by atomic mass is 9.92. The normalized spacial score (nSPS) is 17.7. The molecule has 0 bridgehead atoms. The Morgan fingerprint density at radius 2 is 2.00 bits per heavy atom. The quantitative estimate of drug-likeness (QED) is 0.538. The van der Waals surface area contributed by atoms with Gasteiger partial charge in [0.05, 0.1) is 7.11 Å². The standard InChI is InChI=1S/C10H17NO3/c1-7(2)10(4-5-10)6-11-8(12)9(13)14-3/h7H,4-6H2,1-3H3,(H,11,12). The fraction of sp³-hybridized carbons (Fsp3) is 0.800. The monoisotopic (exact) mass is 199 g/mol. The van der Waals surface area contributed by atoms with Crippen molar-refractivity contribution >= 4 is 11.9 Å². The lowest BCUT2D eigenvalue weighted by molar-refractivity contribution is -0.152. The molecule has 0 saturated heterocycles. The first-order chi connectivity index (χ1) is 6.52. The molecule has 1 N–H and O–H groups in total. The highest BCUT2D eigenvalue weighted by molar-refractivity contribution is 6.32. The minimum atomic E-state index is -0.815. The Morgan fingerprint density at radius 1 is 1.43 bits per heavy atom. The van der Waals surface area contributed by atoms with Gasteiger partial charge in [-0.3, -0.25) is 4.79 Å². The van der Waals surface area contributed by atoms with Crippen LogP contribution in [0.25, 0.3) is 0 Å². The van der Waals surface area contributed by atoms with Gasteiger partial charge >= 0.3 is 11.9 Å². The SMILES string of the molecule is COC(=O)C(=O)NCC1(C(C)C)CC1. The molecule has 14 heavy (non-hydrogen) atoms. The number of hydrogen-bond acceptors (Lipinski definition) is 3. The van der Waals surface area contributed by atoms with Crippen molar-refractivity contribution in [3.63, 3.8) is 0 Å². The lowest BCUT2D eigenvalue weighted by Crippen LogP contribution is -2.37. The van der Waals surface area contributed by atoms with E-state index in [1.807, 2.05) is 0 Å². The van der Waals surface area contributed by atoms with E-state index in [-0.39, 0.29) is 5.41 Å². The molecule has 0 spiro atoms. The van der Waals surface area contributed by atoms with Crippen molar-refractivity contribution in [1.82, 2.24) is 5.32 Å². The van der Waals surface area contributed by atoms with Crippen molar-refractivity contribution in [1.29, 1.82) is 0 Å². The van der Waals surface area contributed by atoms with Crippen molar-refractivity contribution in [3.8, 4) is 0 Å². The molecule has 0 aromatic heterocycles. The van der Waals surface area contributed by atoms with Crippen LogP contribution in [-0.2, 0) is 14.3 Å². The Bertz CT molecular complexity index is 244. The van der Waals surface area contributed by atoms with E-state index in [2.05, 4.69) is 23.9 Å². The van der Waals surface area contributed by atoms with Gasteiger partial charge in [-0.25, -0.2) is 4.79 Å². The van der Waals surface area contributed by atoms with Crippen molar-refractivity contribution in [2.75, 3.05) is 13.7 Å². The zero-order valence-corrected chi connectivity index (χ0v) is 8.92. The van der Waals surface area contributed by atoms with Crippen LogP contribution in [0.2, 0.25) is 0 Å². The van der Waals surface area contributed by atoms with Gasteiger partial charge in [0, 0.05) is 6.54 Å². The molecule has 4 heteroatoms. The molecule has 0 aliphatic heterocycles. The number of methoxy groups -OCH3 is 1. The Hall–Kier alpha value is -1.06. The van der Waals surface area contributed by atoms with Gasteiger partial charge in [-0.15, -0.1) is 0 Å². The van der Waals surface area contributed by atoms with E-state index < -0.39 is 11.9 Å². The van der Waals surface area contributed by atoms with Crippen LogP contribution in [0, 0.1) is 11.3 Å². The highest BCUT2D eigenvalue weighted by Gasteiger charge is 2.45. The Labute approximate surface area is 84.0 Å². The minimum absolute atomic E-state index is 0.226. The number of amides is 1. The molecule has 0 unspecified atom stereocenters. The van der Waals surface area contributed by atoms with Gasteiger partial charge in [0.2, 0.25) is 0 Å². The second-order valence-electron chi connectivity index (χ2n) is 4.19. The Morgan fingerprint density at radius 3 is 2.36 bits per heavy atom. The van der Waals surface area contributed by atoms with Crippen molar-refractivity contribution in [3.05, 3.63) is 0 Å². The molecular weight excluding hydrogens is 182 g/mol. The van der Waals surface area contributed by atoms with Crippen LogP contribution < -0.4 is 5.32 Å². The van der Waals surface area contributed by atoms with Crippen LogP contribution >= 0.6 is 0 Å². The first-order valence-corrected chi connectivity index (χ1v) is 4.88. The minimum Gasteiger partial charge on any atom is -0.462 e. The predicted octanol–water partition coefficient (Wildman–Crippen LogP) is 0.712. The average Bonchev–Trinajstić information content (AvgIpc) is 2.93. The average molecular weight is 199 g/mol.